The molecule has 6 nitrogen and oxygen atoms in total. The van der Waals surface area contributed by atoms with Crippen LogP contribution in [0.4, 0.5) is 0 Å². The van der Waals surface area contributed by atoms with Gasteiger partial charge in [0, 0.05) is 45.1 Å². The van der Waals surface area contributed by atoms with Crippen LogP contribution in [-0.2, 0) is 26.5 Å². The molecule has 0 aliphatic carbocycles. The van der Waals surface area contributed by atoms with Gasteiger partial charge >= 0.3 is 5.97 Å². The number of carboxylic acids is 1. The molecule has 0 spiro atoms. The van der Waals surface area contributed by atoms with Crippen molar-refractivity contribution in [2.75, 3.05) is 6.61 Å². The molecule has 0 heterocycles. The summed E-state index contributed by atoms with van der Waals surface area (Å²) in [7, 11) is 0. The molecular weight excluding hydrogens is 456 g/mol. The van der Waals surface area contributed by atoms with Crippen molar-refractivity contribution in [2.24, 2.45) is 0 Å². The summed E-state index contributed by atoms with van der Waals surface area (Å²) in [5.41, 5.74) is 0. The maximum atomic E-state index is 10.1. The Morgan fingerprint density at radius 1 is 0.871 bits per heavy atom. The van der Waals surface area contributed by atoms with Crippen LogP contribution in [0.1, 0.15) is 41.5 Å². The zero-order chi connectivity index (χ0) is 23.9. The minimum absolute atomic E-state index is 0. The van der Waals surface area contributed by atoms with Crippen molar-refractivity contribution in [3.63, 3.8) is 0 Å². The third-order valence-electron chi connectivity index (χ3n) is 1.78. The summed E-state index contributed by atoms with van der Waals surface area (Å²) in [5, 5.41) is 33.0. The van der Waals surface area contributed by atoms with Crippen LogP contribution in [-0.4, -0.2) is 51.3 Å². The number of aliphatic hydroxyl groups is 3. The van der Waals surface area contributed by atoms with Gasteiger partial charge in [0.05, 0.1) is 0 Å². The molecule has 0 aliphatic heterocycles. The first-order valence-electron chi connectivity index (χ1n) is 9.43. The van der Waals surface area contributed by atoms with Crippen LogP contribution >= 0.6 is 11.6 Å². The Morgan fingerprint density at radius 2 is 1.23 bits per heavy atom. The fourth-order valence-electron chi connectivity index (χ4n) is 1.02. The Morgan fingerprint density at radius 3 is 1.45 bits per heavy atom. The van der Waals surface area contributed by atoms with E-state index in [1.54, 1.807) is 65.8 Å². The first-order chi connectivity index (χ1) is 13.9. The van der Waals surface area contributed by atoms with Crippen molar-refractivity contribution < 1.29 is 51.7 Å². The van der Waals surface area contributed by atoms with Crippen LogP contribution in [0.3, 0.4) is 0 Å². The number of halogens is 1. The first-order valence-corrected chi connectivity index (χ1v) is 9.81. The average molecular weight is 492 g/mol. The minimum Gasteiger partial charge on any atom is -0.482 e. The Labute approximate surface area is 206 Å². The maximum absolute atomic E-state index is 10.1. The van der Waals surface area contributed by atoms with Crippen molar-refractivity contribution in [2.45, 2.75) is 59.9 Å². The Kier molecular flexibility index (Phi) is 31.7. The SMILES string of the molecule is CC(C)O.CC(C)O.CC(C)O.O=C(O)COc1ccc(Cl)cc1.[Ti].[c-]1ccccc1. The third kappa shape index (κ3) is 52.7. The monoisotopic (exact) mass is 491 g/mol. The van der Waals surface area contributed by atoms with E-state index in [0.717, 1.165) is 0 Å². The third-order valence-corrected chi connectivity index (χ3v) is 2.04. The van der Waals surface area contributed by atoms with Gasteiger partial charge in [-0.15, -0.1) is 0 Å². The second kappa shape index (κ2) is 26.6. The summed E-state index contributed by atoms with van der Waals surface area (Å²) >= 11 is 5.60. The molecule has 0 aromatic heterocycles. The molecule has 0 radical (unpaired) electrons. The largest absolute Gasteiger partial charge is 0.482 e. The predicted octanol–water partition coefficient (Wildman–Crippen LogP) is 4.45. The number of hydrogen-bond donors (Lipinski definition) is 4. The number of ether oxygens (including phenoxy) is 1. The van der Waals surface area contributed by atoms with Gasteiger partial charge in [-0.05, 0) is 65.8 Å². The molecule has 2 aromatic rings. The second-order valence-electron chi connectivity index (χ2n) is 6.49. The molecule has 0 aliphatic rings. The standard InChI is InChI=1S/C8H7ClO3.C6H5.3C3H8O.Ti/c9-6-1-3-7(4-2-6)12-5-8(10)11;1-2-4-6-5-3-1;3*1-3(2)4;/h1-4H,5H2,(H,10,11);1-5H;3*3-4H,1-2H3;/q;-1;;;;. The van der Waals surface area contributed by atoms with Crippen molar-refractivity contribution >= 4 is 17.6 Å². The van der Waals surface area contributed by atoms with E-state index < -0.39 is 5.97 Å². The first kappa shape index (κ1) is 36.9. The molecule has 0 saturated carbocycles. The average Bonchev–Trinajstić information content (AvgIpc) is 2.62. The molecule has 2 aromatic carbocycles. The number of hydrogen-bond acceptors (Lipinski definition) is 5. The van der Waals surface area contributed by atoms with Gasteiger partial charge in [0.2, 0.25) is 0 Å². The zero-order valence-corrected chi connectivity index (χ0v) is 21.4. The minimum atomic E-state index is -0.995. The number of aliphatic carboxylic acids is 1. The predicted molar refractivity (Wildman–Crippen MR) is 122 cm³/mol. The topological polar surface area (TPSA) is 107 Å². The van der Waals surface area contributed by atoms with Crippen molar-refractivity contribution in [1.29, 1.82) is 0 Å². The van der Waals surface area contributed by atoms with Gasteiger partial charge in [-0.3, -0.25) is 0 Å². The Balaban J connectivity index is -0.000000163. The molecule has 0 atom stereocenters. The molecule has 4 N–H and O–H groups in total. The van der Waals surface area contributed by atoms with Crippen LogP contribution in [0.5, 0.6) is 5.75 Å². The molecule has 0 bridgehead atoms. The van der Waals surface area contributed by atoms with Crippen molar-refractivity contribution in [3.05, 3.63) is 65.7 Å². The fraction of sp³-hybridized carbons (Fsp3) is 0.435. The van der Waals surface area contributed by atoms with Crippen LogP contribution in [0.25, 0.3) is 0 Å². The van der Waals surface area contributed by atoms with Gasteiger partial charge < -0.3 is 25.2 Å². The van der Waals surface area contributed by atoms with E-state index in [1.807, 2.05) is 30.3 Å². The number of benzene rings is 2. The Bertz CT molecular complexity index is 544. The summed E-state index contributed by atoms with van der Waals surface area (Å²) in [4.78, 5) is 10.1. The molecule has 0 unspecified atom stereocenters. The van der Waals surface area contributed by atoms with Gasteiger partial charge in [-0.2, -0.15) is 36.4 Å². The van der Waals surface area contributed by atoms with Crippen molar-refractivity contribution in [1.82, 2.24) is 0 Å². The maximum Gasteiger partial charge on any atom is 0.341 e. The number of carboxylic acid groups (broad SMARTS) is 1. The summed E-state index contributed by atoms with van der Waals surface area (Å²) in [5.74, 6) is -0.494. The normalized spacial score (nSPS) is 8.68. The van der Waals surface area contributed by atoms with Crippen molar-refractivity contribution in [3.8, 4) is 5.75 Å². The van der Waals surface area contributed by atoms with E-state index in [0.29, 0.717) is 10.8 Å². The smallest absolute Gasteiger partial charge is 0.341 e. The van der Waals surface area contributed by atoms with Gasteiger partial charge in [0.15, 0.2) is 6.61 Å². The summed E-state index contributed by atoms with van der Waals surface area (Å²) < 4.78 is 4.86. The quantitative estimate of drug-likeness (QED) is 0.373. The molecule has 0 saturated heterocycles. The van der Waals surface area contributed by atoms with Crippen LogP contribution in [0.2, 0.25) is 5.02 Å². The molecule has 31 heavy (non-hydrogen) atoms. The van der Waals surface area contributed by atoms with E-state index in [1.165, 1.54) is 0 Å². The van der Waals surface area contributed by atoms with Gasteiger partial charge in [-0.25, -0.2) is 4.79 Å². The fourth-order valence-corrected chi connectivity index (χ4v) is 1.14. The van der Waals surface area contributed by atoms with Crippen LogP contribution < -0.4 is 4.74 Å². The summed E-state index contributed by atoms with van der Waals surface area (Å²) in [6, 6.07) is 19.0. The van der Waals surface area contributed by atoms with E-state index in [9.17, 15) is 4.79 Å². The summed E-state index contributed by atoms with van der Waals surface area (Å²) in [6.07, 6.45) is -0.500. The van der Waals surface area contributed by atoms with Gasteiger partial charge in [0.25, 0.3) is 0 Å². The molecular formula is C23H36ClO6Ti-. The van der Waals surface area contributed by atoms with Gasteiger partial charge in [-0.1, -0.05) is 11.6 Å². The number of carbonyl (C=O) groups is 1. The van der Waals surface area contributed by atoms with E-state index in [-0.39, 0.29) is 46.6 Å². The Hall–Kier alpha value is -1.41. The van der Waals surface area contributed by atoms with Crippen LogP contribution in [0, 0.1) is 6.07 Å². The number of rotatable bonds is 3. The molecule has 8 heteroatoms. The number of aliphatic hydroxyl groups excluding tert-OH is 3. The van der Waals surface area contributed by atoms with E-state index >= 15 is 0 Å². The van der Waals surface area contributed by atoms with E-state index in [2.05, 4.69) is 6.07 Å². The zero-order valence-electron chi connectivity index (χ0n) is 19.1. The van der Waals surface area contributed by atoms with Gasteiger partial charge in [0.1, 0.15) is 5.75 Å². The molecule has 0 fully saturated rings. The molecule has 176 valence electrons. The second-order valence-corrected chi connectivity index (χ2v) is 6.93. The molecule has 2 rings (SSSR count). The van der Waals surface area contributed by atoms with E-state index in [4.69, 9.17) is 36.8 Å². The van der Waals surface area contributed by atoms with Crippen LogP contribution in [0.15, 0.2) is 54.6 Å². The summed E-state index contributed by atoms with van der Waals surface area (Å²) in [6.45, 7) is 10.0. The molecule has 0 amide bonds.